The molecule has 3 rings (SSSR count). The van der Waals surface area contributed by atoms with E-state index in [1.54, 1.807) is 0 Å². The third-order valence-corrected chi connectivity index (χ3v) is 3.78. The monoisotopic (exact) mass is 289 g/mol. The lowest BCUT2D eigenvalue weighted by atomic mass is 10.2. The molecule has 0 bridgehead atoms. The van der Waals surface area contributed by atoms with E-state index in [-0.39, 0.29) is 0 Å². The predicted molar refractivity (Wildman–Crippen MR) is 84.0 cm³/mol. The molecule has 1 saturated heterocycles. The molecule has 0 spiro atoms. The van der Waals surface area contributed by atoms with Crippen molar-refractivity contribution in [3.05, 3.63) is 23.9 Å². The highest BCUT2D eigenvalue weighted by molar-refractivity contribution is 6.03. The van der Waals surface area contributed by atoms with Gasteiger partial charge in [-0.3, -0.25) is 9.89 Å². The number of anilines is 1. The van der Waals surface area contributed by atoms with Crippen LogP contribution in [0.1, 0.15) is 12.0 Å². The van der Waals surface area contributed by atoms with Crippen LogP contribution in [0.15, 0.2) is 23.3 Å². The summed E-state index contributed by atoms with van der Waals surface area (Å²) in [6, 6.07) is 4.02. The predicted octanol–water partition coefficient (Wildman–Crippen LogP) is 0.566. The van der Waals surface area contributed by atoms with Crippen molar-refractivity contribution >= 4 is 11.7 Å². The minimum Gasteiger partial charge on any atom is -0.379 e. The van der Waals surface area contributed by atoms with Crippen LogP contribution in [0.2, 0.25) is 0 Å². The molecular formula is C15H23N5O. The fraction of sp³-hybridized carbons (Fsp3) is 0.600. The van der Waals surface area contributed by atoms with Gasteiger partial charge in [0, 0.05) is 32.4 Å². The number of pyridine rings is 1. The van der Waals surface area contributed by atoms with Crippen molar-refractivity contribution in [1.82, 2.24) is 15.2 Å². The largest absolute Gasteiger partial charge is 0.379 e. The highest BCUT2D eigenvalue weighted by Crippen LogP contribution is 2.13. The Morgan fingerprint density at radius 2 is 2.24 bits per heavy atom. The second-order valence-electron chi connectivity index (χ2n) is 5.29. The van der Waals surface area contributed by atoms with E-state index >= 15 is 0 Å². The molecule has 1 aromatic rings. The molecule has 2 N–H and O–H groups in total. The average Bonchev–Trinajstić information content (AvgIpc) is 3.07. The fourth-order valence-electron chi connectivity index (χ4n) is 2.65. The van der Waals surface area contributed by atoms with Gasteiger partial charge in [-0.25, -0.2) is 4.98 Å². The van der Waals surface area contributed by atoms with Gasteiger partial charge in [0.25, 0.3) is 0 Å². The average molecular weight is 289 g/mol. The van der Waals surface area contributed by atoms with Crippen LogP contribution in [0, 0.1) is 0 Å². The molecule has 6 nitrogen and oxygen atoms in total. The van der Waals surface area contributed by atoms with Crippen molar-refractivity contribution in [2.45, 2.75) is 6.42 Å². The molecule has 0 radical (unpaired) electrons. The second kappa shape index (κ2) is 7.38. The molecule has 3 heterocycles. The topological polar surface area (TPSA) is 61.8 Å². The third-order valence-electron chi connectivity index (χ3n) is 3.78. The zero-order chi connectivity index (χ0) is 14.3. The van der Waals surface area contributed by atoms with Crippen LogP contribution >= 0.6 is 0 Å². The number of amidine groups is 1. The lowest BCUT2D eigenvalue weighted by Gasteiger charge is -2.26. The van der Waals surface area contributed by atoms with Gasteiger partial charge in [0.1, 0.15) is 11.7 Å². The van der Waals surface area contributed by atoms with Crippen molar-refractivity contribution in [2.24, 2.45) is 4.99 Å². The first-order valence-electron chi connectivity index (χ1n) is 7.71. The van der Waals surface area contributed by atoms with Crippen molar-refractivity contribution in [3.63, 3.8) is 0 Å². The first-order valence-corrected chi connectivity index (χ1v) is 7.71. The SMILES string of the molecule is c1cnc(NCCCN2CCOCC2)c(C2=NCCN2)c1. The minimum absolute atomic E-state index is 0.848. The summed E-state index contributed by atoms with van der Waals surface area (Å²) in [5, 5.41) is 6.74. The van der Waals surface area contributed by atoms with E-state index in [2.05, 4.69) is 31.6 Å². The van der Waals surface area contributed by atoms with Crippen molar-refractivity contribution in [1.29, 1.82) is 0 Å². The molecule has 0 atom stereocenters. The van der Waals surface area contributed by atoms with Gasteiger partial charge in [-0.05, 0) is 25.1 Å². The summed E-state index contributed by atoms with van der Waals surface area (Å²) < 4.78 is 5.36. The molecule has 2 aliphatic rings. The number of ether oxygens (including phenoxy) is 1. The molecule has 1 aromatic heterocycles. The Labute approximate surface area is 125 Å². The van der Waals surface area contributed by atoms with E-state index in [1.807, 2.05) is 12.3 Å². The van der Waals surface area contributed by atoms with Gasteiger partial charge in [0.15, 0.2) is 0 Å². The summed E-state index contributed by atoms with van der Waals surface area (Å²) in [6.45, 7) is 7.63. The number of morpholine rings is 1. The van der Waals surface area contributed by atoms with Crippen LogP contribution in [0.5, 0.6) is 0 Å². The van der Waals surface area contributed by atoms with E-state index in [0.29, 0.717) is 0 Å². The Kier molecular flexibility index (Phi) is 5.02. The van der Waals surface area contributed by atoms with Crippen LogP contribution in [0.3, 0.4) is 0 Å². The maximum atomic E-state index is 5.36. The highest BCUT2D eigenvalue weighted by Gasteiger charge is 2.13. The van der Waals surface area contributed by atoms with Crippen LogP contribution in [0.25, 0.3) is 0 Å². The molecule has 0 unspecified atom stereocenters. The zero-order valence-corrected chi connectivity index (χ0v) is 12.3. The Morgan fingerprint density at radius 1 is 1.33 bits per heavy atom. The number of hydrogen-bond acceptors (Lipinski definition) is 6. The Hall–Kier alpha value is -1.66. The van der Waals surface area contributed by atoms with Gasteiger partial charge in [-0.15, -0.1) is 0 Å². The van der Waals surface area contributed by atoms with E-state index in [4.69, 9.17) is 4.74 Å². The zero-order valence-electron chi connectivity index (χ0n) is 12.3. The van der Waals surface area contributed by atoms with E-state index in [0.717, 1.165) is 76.1 Å². The van der Waals surface area contributed by atoms with Crippen molar-refractivity contribution in [2.75, 3.05) is 57.8 Å². The second-order valence-corrected chi connectivity index (χ2v) is 5.29. The number of aliphatic imine (C=N–C) groups is 1. The van der Waals surface area contributed by atoms with Crippen molar-refractivity contribution in [3.8, 4) is 0 Å². The number of aromatic nitrogens is 1. The summed E-state index contributed by atoms with van der Waals surface area (Å²) >= 11 is 0. The van der Waals surface area contributed by atoms with E-state index in [1.165, 1.54) is 0 Å². The molecule has 2 aliphatic heterocycles. The molecule has 0 saturated carbocycles. The van der Waals surface area contributed by atoms with E-state index < -0.39 is 0 Å². The quantitative estimate of drug-likeness (QED) is 0.750. The first-order chi connectivity index (χ1) is 10.4. The third kappa shape index (κ3) is 3.92. The fourth-order valence-corrected chi connectivity index (χ4v) is 2.65. The van der Waals surface area contributed by atoms with Gasteiger partial charge in [0.05, 0.1) is 25.3 Å². The summed E-state index contributed by atoms with van der Waals surface area (Å²) in [4.78, 5) is 11.4. The van der Waals surface area contributed by atoms with Gasteiger partial charge >= 0.3 is 0 Å². The van der Waals surface area contributed by atoms with Gasteiger partial charge in [-0.2, -0.15) is 0 Å². The van der Waals surface area contributed by atoms with Crippen molar-refractivity contribution < 1.29 is 4.74 Å². The summed E-state index contributed by atoms with van der Waals surface area (Å²) in [7, 11) is 0. The molecule has 0 amide bonds. The summed E-state index contributed by atoms with van der Waals surface area (Å²) in [6.07, 6.45) is 2.93. The molecule has 0 aromatic carbocycles. The standard InChI is InChI=1S/C15H23N5O/c1-3-13(15-18-6-7-19-15)14(16-4-1)17-5-2-8-20-9-11-21-12-10-20/h1,3-4H,2,5-12H2,(H,16,17)(H,18,19). The maximum Gasteiger partial charge on any atom is 0.136 e. The van der Waals surface area contributed by atoms with Crippen LogP contribution in [-0.2, 0) is 4.74 Å². The Bertz CT molecular complexity index is 485. The lowest BCUT2D eigenvalue weighted by Crippen LogP contribution is -2.37. The van der Waals surface area contributed by atoms with Crippen LogP contribution in [0.4, 0.5) is 5.82 Å². The molecule has 1 fully saturated rings. The molecule has 6 heteroatoms. The first kappa shape index (κ1) is 14.3. The molecule has 0 aliphatic carbocycles. The van der Waals surface area contributed by atoms with Gasteiger partial charge in [0.2, 0.25) is 0 Å². The number of rotatable bonds is 6. The lowest BCUT2D eigenvalue weighted by molar-refractivity contribution is 0.0378. The molecular weight excluding hydrogens is 266 g/mol. The molecule has 21 heavy (non-hydrogen) atoms. The summed E-state index contributed by atoms with van der Waals surface area (Å²) in [5.74, 6) is 1.88. The normalized spacial score (nSPS) is 19.1. The van der Waals surface area contributed by atoms with Crippen LogP contribution < -0.4 is 10.6 Å². The number of hydrogen-bond donors (Lipinski definition) is 2. The van der Waals surface area contributed by atoms with Gasteiger partial charge in [-0.1, -0.05) is 0 Å². The van der Waals surface area contributed by atoms with Gasteiger partial charge < -0.3 is 15.4 Å². The summed E-state index contributed by atoms with van der Waals surface area (Å²) in [5.41, 5.74) is 1.07. The Balaban J connectivity index is 1.48. The molecule has 114 valence electrons. The van der Waals surface area contributed by atoms with E-state index in [9.17, 15) is 0 Å². The number of nitrogens with zero attached hydrogens (tertiary/aromatic N) is 3. The highest BCUT2D eigenvalue weighted by atomic mass is 16.5. The Morgan fingerprint density at radius 3 is 3.05 bits per heavy atom. The smallest absolute Gasteiger partial charge is 0.136 e. The minimum atomic E-state index is 0.848. The van der Waals surface area contributed by atoms with Crippen LogP contribution in [-0.4, -0.2) is 68.2 Å². The maximum absolute atomic E-state index is 5.36. The number of nitrogens with one attached hydrogen (secondary N) is 2.